The standard InChI is InChI=1S/C22H22N4O3S/c1-16-6-5-7-17(23-16)14-19-21(28)26(22(29)30-19)15-20(27)25-12-10-24(11-13-25)18-8-3-2-4-9-18/h2-9,14H,10-13,15H2,1H3. The van der Waals surface area contributed by atoms with Crippen LogP contribution < -0.4 is 4.90 Å². The summed E-state index contributed by atoms with van der Waals surface area (Å²) in [6.45, 7) is 4.20. The molecule has 4 rings (SSSR count). The van der Waals surface area contributed by atoms with Crippen molar-refractivity contribution >= 4 is 40.6 Å². The molecule has 0 atom stereocenters. The Labute approximate surface area is 179 Å². The first-order chi connectivity index (χ1) is 14.5. The van der Waals surface area contributed by atoms with Crippen LogP contribution in [0.3, 0.4) is 0 Å². The first-order valence-corrected chi connectivity index (χ1v) is 10.6. The molecular weight excluding hydrogens is 400 g/mol. The quantitative estimate of drug-likeness (QED) is 0.706. The molecule has 0 bridgehead atoms. The molecule has 2 aliphatic heterocycles. The number of imide groups is 1. The van der Waals surface area contributed by atoms with Gasteiger partial charge in [-0.3, -0.25) is 24.3 Å². The summed E-state index contributed by atoms with van der Waals surface area (Å²) >= 11 is 0.848. The number of thioether (sulfide) groups is 1. The number of para-hydroxylation sites is 1. The number of carbonyl (C=O) groups is 3. The van der Waals surface area contributed by atoms with E-state index >= 15 is 0 Å². The van der Waals surface area contributed by atoms with Crippen molar-refractivity contribution in [2.45, 2.75) is 6.92 Å². The summed E-state index contributed by atoms with van der Waals surface area (Å²) in [4.78, 5) is 47.3. The van der Waals surface area contributed by atoms with E-state index in [2.05, 4.69) is 9.88 Å². The van der Waals surface area contributed by atoms with E-state index in [-0.39, 0.29) is 12.5 Å². The van der Waals surface area contributed by atoms with Gasteiger partial charge in [0.05, 0.1) is 10.6 Å². The molecule has 2 fully saturated rings. The van der Waals surface area contributed by atoms with Gasteiger partial charge in [0.15, 0.2) is 0 Å². The van der Waals surface area contributed by atoms with Gasteiger partial charge in [0, 0.05) is 37.6 Å². The average molecular weight is 423 g/mol. The highest BCUT2D eigenvalue weighted by Crippen LogP contribution is 2.32. The van der Waals surface area contributed by atoms with Gasteiger partial charge in [0.25, 0.3) is 11.1 Å². The lowest BCUT2D eigenvalue weighted by Crippen LogP contribution is -2.51. The van der Waals surface area contributed by atoms with Gasteiger partial charge in [0.2, 0.25) is 5.91 Å². The molecule has 0 unspecified atom stereocenters. The third-order valence-electron chi connectivity index (χ3n) is 5.11. The van der Waals surface area contributed by atoms with Crippen molar-refractivity contribution in [1.29, 1.82) is 0 Å². The molecule has 8 heteroatoms. The normalized spacial score (nSPS) is 18.4. The van der Waals surface area contributed by atoms with Gasteiger partial charge in [0.1, 0.15) is 6.54 Å². The van der Waals surface area contributed by atoms with Crippen molar-refractivity contribution in [3.63, 3.8) is 0 Å². The molecule has 30 heavy (non-hydrogen) atoms. The molecule has 2 aliphatic rings. The van der Waals surface area contributed by atoms with Gasteiger partial charge in [-0.05, 0) is 49.0 Å². The maximum absolute atomic E-state index is 12.7. The lowest BCUT2D eigenvalue weighted by Gasteiger charge is -2.36. The Balaban J connectivity index is 1.37. The summed E-state index contributed by atoms with van der Waals surface area (Å²) in [6.07, 6.45) is 1.60. The van der Waals surface area contributed by atoms with Crippen molar-refractivity contribution in [3.8, 4) is 0 Å². The van der Waals surface area contributed by atoms with Crippen LogP contribution in [-0.2, 0) is 9.59 Å². The van der Waals surface area contributed by atoms with Gasteiger partial charge in [-0.2, -0.15) is 0 Å². The van der Waals surface area contributed by atoms with Crippen molar-refractivity contribution in [1.82, 2.24) is 14.8 Å². The van der Waals surface area contributed by atoms with Crippen LogP contribution in [0.4, 0.5) is 10.5 Å². The van der Waals surface area contributed by atoms with Crippen LogP contribution in [0.25, 0.3) is 6.08 Å². The summed E-state index contributed by atoms with van der Waals surface area (Å²) in [7, 11) is 0. The molecule has 3 heterocycles. The fraction of sp³-hybridized carbons (Fsp3) is 0.273. The maximum atomic E-state index is 12.7. The number of aryl methyl sites for hydroxylation is 1. The number of amides is 3. The molecule has 0 spiro atoms. The third kappa shape index (κ3) is 4.38. The number of aromatic nitrogens is 1. The molecule has 0 aliphatic carbocycles. The largest absolute Gasteiger partial charge is 0.368 e. The Morgan fingerprint density at radius 1 is 1.03 bits per heavy atom. The molecular formula is C22H22N4O3S. The van der Waals surface area contributed by atoms with E-state index in [0.29, 0.717) is 23.7 Å². The molecule has 0 N–H and O–H groups in total. The summed E-state index contributed by atoms with van der Waals surface area (Å²) in [6, 6.07) is 15.5. The van der Waals surface area contributed by atoms with E-state index in [9.17, 15) is 14.4 Å². The number of hydrogen-bond acceptors (Lipinski definition) is 6. The van der Waals surface area contributed by atoms with E-state index in [0.717, 1.165) is 41.1 Å². The zero-order chi connectivity index (χ0) is 21.1. The predicted molar refractivity (Wildman–Crippen MR) is 117 cm³/mol. The smallest absolute Gasteiger partial charge is 0.294 e. The van der Waals surface area contributed by atoms with E-state index in [1.165, 1.54) is 0 Å². The first kappa shape index (κ1) is 20.2. The number of rotatable bonds is 4. The van der Waals surface area contributed by atoms with E-state index < -0.39 is 11.1 Å². The number of piperazine rings is 1. The van der Waals surface area contributed by atoms with Crippen molar-refractivity contribution < 1.29 is 14.4 Å². The van der Waals surface area contributed by atoms with Gasteiger partial charge >= 0.3 is 0 Å². The Morgan fingerprint density at radius 3 is 2.47 bits per heavy atom. The fourth-order valence-electron chi connectivity index (χ4n) is 3.50. The molecule has 2 saturated heterocycles. The Hall–Kier alpha value is -3.13. The minimum absolute atomic E-state index is 0.208. The van der Waals surface area contributed by atoms with Crippen LogP contribution in [0.2, 0.25) is 0 Å². The van der Waals surface area contributed by atoms with Crippen LogP contribution in [0.15, 0.2) is 53.4 Å². The summed E-state index contributed by atoms with van der Waals surface area (Å²) in [5.41, 5.74) is 2.57. The number of nitrogens with zero attached hydrogens (tertiary/aromatic N) is 4. The van der Waals surface area contributed by atoms with E-state index in [4.69, 9.17) is 0 Å². The highest BCUT2D eigenvalue weighted by atomic mass is 32.2. The molecule has 3 amide bonds. The Morgan fingerprint density at radius 2 is 1.77 bits per heavy atom. The van der Waals surface area contributed by atoms with Crippen LogP contribution in [-0.4, -0.2) is 64.6 Å². The van der Waals surface area contributed by atoms with Gasteiger partial charge < -0.3 is 9.80 Å². The van der Waals surface area contributed by atoms with Crippen LogP contribution >= 0.6 is 11.8 Å². The molecule has 1 aromatic heterocycles. The molecule has 0 radical (unpaired) electrons. The average Bonchev–Trinajstić information content (AvgIpc) is 3.02. The number of carbonyl (C=O) groups excluding carboxylic acids is 3. The van der Waals surface area contributed by atoms with Crippen molar-refractivity contribution in [2.24, 2.45) is 0 Å². The summed E-state index contributed by atoms with van der Waals surface area (Å²) < 4.78 is 0. The minimum atomic E-state index is -0.440. The SMILES string of the molecule is Cc1cccc(C=C2SC(=O)N(CC(=O)N3CCN(c4ccccc4)CC3)C2=O)n1. The number of anilines is 1. The Bertz CT molecular complexity index is 1000. The second-order valence-electron chi connectivity index (χ2n) is 7.18. The van der Waals surface area contributed by atoms with Gasteiger partial charge in [-0.15, -0.1) is 0 Å². The lowest BCUT2D eigenvalue weighted by molar-refractivity contribution is -0.136. The highest BCUT2D eigenvalue weighted by Gasteiger charge is 2.37. The zero-order valence-electron chi connectivity index (χ0n) is 16.7. The number of hydrogen-bond donors (Lipinski definition) is 0. The summed E-state index contributed by atoms with van der Waals surface area (Å²) in [5.74, 6) is -0.649. The first-order valence-electron chi connectivity index (χ1n) is 9.78. The third-order valence-corrected chi connectivity index (χ3v) is 6.02. The van der Waals surface area contributed by atoms with Crippen LogP contribution in [0.5, 0.6) is 0 Å². The second kappa shape index (κ2) is 8.71. The molecule has 2 aromatic rings. The van der Waals surface area contributed by atoms with Crippen LogP contribution in [0.1, 0.15) is 11.4 Å². The molecule has 7 nitrogen and oxygen atoms in total. The van der Waals surface area contributed by atoms with Gasteiger partial charge in [-0.1, -0.05) is 24.3 Å². The summed E-state index contributed by atoms with van der Waals surface area (Å²) in [5, 5.41) is -0.421. The lowest BCUT2D eigenvalue weighted by atomic mass is 10.2. The molecule has 1 aromatic carbocycles. The maximum Gasteiger partial charge on any atom is 0.294 e. The van der Waals surface area contributed by atoms with Crippen molar-refractivity contribution in [3.05, 3.63) is 64.8 Å². The predicted octanol–water partition coefficient (Wildman–Crippen LogP) is 2.78. The monoisotopic (exact) mass is 422 g/mol. The second-order valence-corrected chi connectivity index (χ2v) is 8.17. The van der Waals surface area contributed by atoms with E-state index in [1.807, 2.05) is 49.4 Å². The molecule has 154 valence electrons. The molecule has 0 saturated carbocycles. The minimum Gasteiger partial charge on any atom is -0.368 e. The zero-order valence-corrected chi connectivity index (χ0v) is 17.5. The van der Waals surface area contributed by atoms with Gasteiger partial charge in [-0.25, -0.2) is 0 Å². The number of benzene rings is 1. The fourth-order valence-corrected chi connectivity index (χ4v) is 4.33. The highest BCUT2D eigenvalue weighted by molar-refractivity contribution is 8.18. The topological polar surface area (TPSA) is 73.8 Å². The van der Waals surface area contributed by atoms with E-state index in [1.54, 1.807) is 17.0 Å². The van der Waals surface area contributed by atoms with Crippen LogP contribution in [0, 0.1) is 6.92 Å². The number of pyridine rings is 1. The Kier molecular flexibility index (Phi) is 5.85. The van der Waals surface area contributed by atoms with Crippen molar-refractivity contribution in [2.75, 3.05) is 37.6 Å².